The number of carbonyl (C=O) groups is 1. The fourth-order valence-electron chi connectivity index (χ4n) is 2.91. The van der Waals surface area contributed by atoms with E-state index >= 15 is 0 Å². The van der Waals surface area contributed by atoms with Gasteiger partial charge in [-0.25, -0.2) is 0 Å². The first-order valence-corrected chi connectivity index (χ1v) is 8.52. The largest absolute Gasteiger partial charge is 0.345 e. The molecule has 3 rings (SSSR count). The fourth-order valence-corrected chi connectivity index (χ4v) is 4.60. The Hall–Kier alpha value is -0.810. The summed E-state index contributed by atoms with van der Waals surface area (Å²) in [5, 5.41) is 5.10. The summed E-state index contributed by atoms with van der Waals surface area (Å²) >= 11 is 13.7. The molecular formula is C15H16Cl2N2OS. The lowest BCUT2D eigenvalue weighted by Crippen LogP contribution is -2.51. The minimum atomic E-state index is -0.270. The van der Waals surface area contributed by atoms with Crippen LogP contribution in [-0.2, 0) is 0 Å². The third-order valence-electron chi connectivity index (χ3n) is 4.13. The normalized spacial score (nSPS) is 17.3. The predicted octanol–water partition coefficient (Wildman–Crippen LogP) is 4.21. The fraction of sp³-hybridized carbons (Fsp3) is 0.400. The second-order valence-corrected chi connectivity index (χ2v) is 7.40. The molecule has 0 aliphatic heterocycles. The predicted molar refractivity (Wildman–Crippen MR) is 89.6 cm³/mol. The summed E-state index contributed by atoms with van der Waals surface area (Å²) in [6.07, 6.45) is 4.08. The van der Waals surface area contributed by atoms with Crippen LogP contribution < -0.4 is 11.1 Å². The van der Waals surface area contributed by atoms with E-state index in [0.717, 1.165) is 35.8 Å². The van der Waals surface area contributed by atoms with Crippen molar-refractivity contribution in [1.82, 2.24) is 5.32 Å². The molecule has 1 aromatic carbocycles. The van der Waals surface area contributed by atoms with Crippen molar-refractivity contribution in [2.75, 3.05) is 6.54 Å². The first kappa shape index (κ1) is 15.1. The van der Waals surface area contributed by atoms with E-state index in [-0.39, 0.29) is 11.4 Å². The van der Waals surface area contributed by atoms with E-state index in [1.54, 1.807) is 6.07 Å². The van der Waals surface area contributed by atoms with Gasteiger partial charge in [0.05, 0.1) is 10.6 Å². The van der Waals surface area contributed by atoms with Gasteiger partial charge in [0.15, 0.2) is 0 Å². The summed E-state index contributed by atoms with van der Waals surface area (Å²) in [5.41, 5.74) is 5.60. The van der Waals surface area contributed by atoms with Crippen LogP contribution in [0.25, 0.3) is 10.1 Å². The molecule has 1 saturated carbocycles. The van der Waals surface area contributed by atoms with Gasteiger partial charge in [0.1, 0.15) is 4.88 Å². The Morgan fingerprint density at radius 2 is 2.05 bits per heavy atom. The van der Waals surface area contributed by atoms with Crippen LogP contribution in [-0.4, -0.2) is 18.0 Å². The molecule has 6 heteroatoms. The minimum absolute atomic E-state index is 0.135. The smallest absolute Gasteiger partial charge is 0.263 e. The number of rotatable bonds is 3. The van der Waals surface area contributed by atoms with Crippen LogP contribution in [0.1, 0.15) is 35.4 Å². The van der Waals surface area contributed by atoms with E-state index < -0.39 is 0 Å². The average molecular weight is 343 g/mol. The van der Waals surface area contributed by atoms with Gasteiger partial charge in [-0.3, -0.25) is 4.79 Å². The maximum atomic E-state index is 12.6. The molecule has 0 saturated heterocycles. The molecule has 1 aliphatic rings. The number of amides is 1. The number of carbonyl (C=O) groups excluding carboxylic acids is 1. The van der Waals surface area contributed by atoms with Crippen LogP contribution in [0.2, 0.25) is 10.0 Å². The Morgan fingerprint density at radius 3 is 2.71 bits per heavy atom. The maximum absolute atomic E-state index is 12.6. The molecule has 1 aromatic heterocycles. The lowest BCUT2D eigenvalue weighted by Gasteiger charge is -2.28. The topological polar surface area (TPSA) is 55.1 Å². The second kappa shape index (κ2) is 5.76. The van der Waals surface area contributed by atoms with Gasteiger partial charge >= 0.3 is 0 Å². The van der Waals surface area contributed by atoms with Crippen LogP contribution in [0.5, 0.6) is 0 Å². The Morgan fingerprint density at radius 1 is 1.33 bits per heavy atom. The van der Waals surface area contributed by atoms with Gasteiger partial charge in [0.2, 0.25) is 0 Å². The van der Waals surface area contributed by atoms with Gasteiger partial charge in [-0.1, -0.05) is 42.1 Å². The van der Waals surface area contributed by atoms with Crippen molar-refractivity contribution in [2.45, 2.75) is 31.2 Å². The number of benzene rings is 1. The monoisotopic (exact) mass is 342 g/mol. The number of thiophene rings is 1. The summed E-state index contributed by atoms with van der Waals surface area (Å²) in [5.74, 6) is -0.135. The van der Waals surface area contributed by atoms with Gasteiger partial charge in [-0.2, -0.15) is 0 Å². The first-order chi connectivity index (χ1) is 10.0. The number of hydrogen-bond acceptors (Lipinski definition) is 3. The van der Waals surface area contributed by atoms with Crippen LogP contribution in [0.3, 0.4) is 0 Å². The van der Waals surface area contributed by atoms with Crippen molar-refractivity contribution in [3.8, 4) is 0 Å². The second-order valence-electron chi connectivity index (χ2n) is 5.53. The molecule has 2 aromatic rings. The zero-order valence-electron chi connectivity index (χ0n) is 11.4. The van der Waals surface area contributed by atoms with Crippen molar-refractivity contribution in [1.29, 1.82) is 0 Å². The van der Waals surface area contributed by atoms with Crippen molar-refractivity contribution >= 4 is 50.5 Å². The number of halogens is 2. The molecule has 0 bridgehead atoms. The summed E-state index contributed by atoms with van der Waals surface area (Å²) < 4.78 is 0.922. The molecule has 0 radical (unpaired) electrons. The molecule has 21 heavy (non-hydrogen) atoms. The first-order valence-electron chi connectivity index (χ1n) is 6.95. The van der Waals surface area contributed by atoms with E-state index in [1.165, 1.54) is 11.3 Å². The van der Waals surface area contributed by atoms with E-state index in [4.69, 9.17) is 28.9 Å². The Balaban J connectivity index is 1.92. The van der Waals surface area contributed by atoms with E-state index in [1.807, 2.05) is 12.1 Å². The lowest BCUT2D eigenvalue weighted by atomic mass is 9.98. The van der Waals surface area contributed by atoms with Crippen molar-refractivity contribution in [3.63, 3.8) is 0 Å². The summed E-state index contributed by atoms with van der Waals surface area (Å²) in [6, 6.07) is 5.46. The third-order valence-corrected chi connectivity index (χ3v) is 6.02. The molecule has 0 atom stereocenters. The molecule has 3 nitrogen and oxygen atoms in total. The van der Waals surface area contributed by atoms with E-state index in [9.17, 15) is 4.79 Å². The van der Waals surface area contributed by atoms with E-state index in [0.29, 0.717) is 21.5 Å². The number of fused-ring (bicyclic) bond motifs is 1. The van der Waals surface area contributed by atoms with Crippen LogP contribution >= 0.6 is 34.5 Å². The van der Waals surface area contributed by atoms with Crippen molar-refractivity contribution in [2.24, 2.45) is 5.73 Å². The molecular weight excluding hydrogens is 327 g/mol. The van der Waals surface area contributed by atoms with Crippen LogP contribution in [0, 0.1) is 0 Å². The summed E-state index contributed by atoms with van der Waals surface area (Å²) in [4.78, 5) is 13.1. The minimum Gasteiger partial charge on any atom is -0.345 e. The zero-order chi connectivity index (χ0) is 15.0. The highest BCUT2D eigenvalue weighted by molar-refractivity contribution is 7.21. The molecule has 0 unspecified atom stereocenters. The van der Waals surface area contributed by atoms with Gasteiger partial charge in [-0.05, 0) is 25.0 Å². The molecule has 112 valence electrons. The van der Waals surface area contributed by atoms with Gasteiger partial charge in [0, 0.05) is 21.7 Å². The third kappa shape index (κ3) is 2.78. The quantitative estimate of drug-likeness (QED) is 0.877. The van der Waals surface area contributed by atoms with Gasteiger partial charge in [-0.15, -0.1) is 11.3 Å². The van der Waals surface area contributed by atoms with Gasteiger partial charge < -0.3 is 11.1 Å². The highest BCUT2D eigenvalue weighted by atomic mass is 35.5. The molecule has 0 spiro atoms. The zero-order valence-corrected chi connectivity index (χ0v) is 13.7. The number of hydrogen-bond donors (Lipinski definition) is 2. The maximum Gasteiger partial charge on any atom is 0.263 e. The molecule has 1 aliphatic carbocycles. The number of nitrogens with one attached hydrogen (secondary N) is 1. The standard InChI is InChI=1S/C15H16Cl2N2OS/c16-9-3-4-10-11(7-9)21-13(12(10)17)14(20)19-15(8-18)5-1-2-6-15/h3-4,7H,1-2,5-6,8,18H2,(H,19,20). The number of nitrogens with two attached hydrogens (primary N) is 1. The highest BCUT2D eigenvalue weighted by Gasteiger charge is 2.35. The molecule has 3 N–H and O–H groups in total. The Bertz CT molecular complexity index is 692. The van der Waals surface area contributed by atoms with Crippen molar-refractivity contribution in [3.05, 3.63) is 33.1 Å². The van der Waals surface area contributed by atoms with Crippen LogP contribution in [0.4, 0.5) is 0 Å². The summed E-state index contributed by atoms with van der Waals surface area (Å²) in [6.45, 7) is 0.465. The van der Waals surface area contributed by atoms with Crippen LogP contribution in [0.15, 0.2) is 18.2 Å². The lowest BCUT2D eigenvalue weighted by molar-refractivity contribution is 0.0907. The van der Waals surface area contributed by atoms with Crippen molar-refractivity contribution < 1.29 is 4.79 Å². The average Bonchev–Trinajstić information content (AvgIpc) is 3.04. The molecule has 1 fully saturated rings. The highest BCUT2D eigenvalue weighted by Crippen LogP contribution is 2.37. The molecule has 1 heterocycles. The Kier molecular flexibility index (Phi) is 4.14. The summed E-state index contributed by atoms with van der Waals surface area (Å²) in [7, 11) is 0. The van der Waals surface area contributed by atoms with E-state index in [2.05, 4.69) is 5.32 Å². The van der Waals surface area contributed by atoms with Gasteiger partial charge in [0.25, 0.3) is 5.91 Å². The SMILES string of the molecule is NCC1(NC(=O)c2sc3cc(Cl)ccc3c2Cl)CCCC1. The molecule has 1 amide bonds. The Labute approximate surface area is 137 Å².